The quantitative estimate of drug-likeness (QED) is 0.396. The van der Waals surface area contributed by atoms with Crippen LogP contribution < -0.4 is 10.6 Å². The largest absolute Gasteiger partial charge is 0.469 e. The van der Waals surface area contributed by atoms with Gasteiger partial charge in [0.15, 0.2) is 0 Å². The molecule has 3 amide bonds. The number of benzene rings is 1. The Labute approximate surface area is 254 Å². The van der Waals surface area contributed by atoms with E-state index in [0.29, 0.717) is 84.5 Å². The van der Waals surface area contributed by atoms with Crippen LogP contribution in [0.1, 0.15) is 50.5 Å². The minimum Gasteiger partial charge on any atom is -0.469 e. The number of hydrogen-bond donors (Lipinski definition) is 2. The maximum absolute atomic E-state index is 13.8. The first-order valence-corrected chi connectivity index (χ1v) is 15.8. The zero-order chi connectivity index (χ0) is 30.2. The molecule has 4 heterocycles. The molecule has 4 aliphatic rings. The lowest BCUT2D eigenvalue weighted by atomic mass is 9.75. The molecule has 3 atom stereocenters. The number of rotatable bonds is 5. The number of piperidine rings is 2. The van der Waals surface area contributed by atoms with Crippen molar-refractivity contribution in [2.45, 2.75) is 63.5 Å². The summed E-state index contributed by atoms with van der Waals surface area (Å²) in [6.45, 7) is 3.94. The highest BCUT2D eigenvalue weighted by molar-refractivity contribution is 5.90. The van der Waals surface area contributed by atoms with Crippen molar-refractivity contribution in [3.05, 3.63) is 48.0 Å². The van der Waals surface area contributed by atoms with E-state index in [4.69, 9.17) is 9.47 Å². The van der Waals surface area contributed by atoms with E-state index in [-0.39, 0.29) is 41.6 Å². The minimum atomic E-state index is -0.675. The zero-order valence-corrected chi connectivity index (χ0v) is 25.3. The summed E-state index contributed by atoms with van der Waals surface area (Å²) < 4.78 is 10.5. The second kappa shape index (κ2) is 14.5. The standard InChI is InChI=1S/C33H46N4O6/c1-42-31(40)25-10-17-37(18-11-25)29(38)23-36-16-12-27-26(22-36)9-5-6-13-33(14-19-43-20-15-33)32(41)35-28(30(39)34-27)21-24-7-3-2-4-8-24/h2-8,25-28H,9-23H2,1H3,(H,34,39)(H,35,41)/b6-5+/t26-,27+,28-/m1/s1. The molecule has 234 valence electrons. The summed E-state index contributed by atoms with van der Waals surface area (Å²) in [5, 5.41) is 6.44. The van der Waals surface area contributed by atoms with Crippen LogP contribution in [0.4, 0.5) is 0 Å². The second-order valence-corrected chi connectivity index (χ2v) is 12.6. The molecule has 5 rings (SSSR count). The molecule has 1 aromatic carbocycles. The van der Waals surface area contributed by atoms with Crippen LogP contribution in [0, 0.1) is 17.3 Å². The normalized spacial score (nSPS) is 28.0. The predicted molar refractivity (Wildman–Crippen MR) is 161 cm³/mol. The Hall–Kier alpha value is -3.24. The molecule has 1 spiro atoms. The third-order valence-corrected chi connectivity index (χ3v) is 9.84. The number of ether oxygens (including phenoxy) is 2. The van der Waals surface area contributed by atoms with Crippen LogP contribution in [0.15, 0.2) is 42.5 Å². The van der Waals surface area contributed by atoms with Crippen molar-refractivity contribution < 1.29 is 28.7 Å². The van der Waals surface area contributed by atoms with E-state index in [0.717, 1.165) is 18.4 Å². The van der Waals surface area contributed by atoms with Crippen molar-refractivity contribution in [3.8, 4) is 0 Å². The first-order valence-electron chi connectivity index (χ1n) is 15.8. The summed E-state index contributed by atoms with van der Waals surface area (Å²) in [4.78, 5) is 56.6. The fourth-order valence-corrected chi connectivity index (χ4v) is 7.02. The van der Waals surface area contributed by atoms with Crippen molar-refractivity contribution >= 4 is 23.7 Å². The average molecular weight is 595 g/mol. The van der Waals surface area contributed by atoms with Crippen LogP contribution in [0.25, 0.3) is 0 Å². The Morgan fingerprint density at radius 2 is 1.74 bits per heavy atom. The Morgan fingerprint density at radius 3 is 2.47 bits per heavy atom. The molecule has 0 unspecified atom stereocenters. The van der Waals surface area contributed by atoms with Gasteiger partial charge < -0.3 is 25.0 Å². The van der Waals surface area contributed by atoms with Gasteiger partial charge in [0.2, 0.25) is 17.7 Å². The SMILES string of the molecule is COC(=O)C1CCN(C(=O)CN2CC[C@@H]3NC(=O)[C@@H](Cc4ccccc4)NC(=O)C4(C/C=C/C[C@@H]3C2)CCOCC4)CC1. The molecule has 4 aliphatic heterocycles. The highest BCUT2D eigenvalue weighted by atomic mass is 16.5. The van der Waals surface area contributed by atoms with Gasteiger partial charge in [0.05, 0.1) is 25.0 Å². The summed E-state index contributed by atoms with van der Waals surface area (Å²) >= 11 is 0. The van der Waals surface area contributed by atoms with Gasteiger partial charge in [-0.3, -0.25) is 24.1 Å². The molecule has 0 saturated carbocycles. The highest BCUT2D eigenvalue weighted by Gasteiger charge is 2.42. The molecule has 0 aliphatic carbocycles. The Bertz CT molecular complexity index is 1160. The lowest BCUT2D eigenvalue weighted by molar-refractivity contribution is -0.149. The number of nitrogens with zero attached hydrogens (tertiary/aromatic N) is 2. The van der Waals surface area contributed by atoms with Gasteiger partial charge in [-0.25, -0.2) is 0 Å². The molecule has 3 fully saturated rings. The van der Waals surface area contributed by atoms with Gasteiger partial charge in [-0.1, -0.05) is 42.5 Å². The maximum atomic E-state index is 13.8. The number of nitrogens with one attached hydrogen (secondary N) is 2. The first-order chi connectivity index (χ1) is 20.9. The lowest BCUT2D eigenvalue weighted by Crippen LogP contribution is -2.58. The number of carbonyl (C=O) groups excluding carboxylic acids is 4. The van der Waals surface area contributed by atoms with E-state index in [1.165, 1.54) is 7.11 Å². The average Bonchev–Trinajstić information content (AvgIpc) is 3.04. The molecule has 1 aromatic rings. The monoisotopic (exact) mass is 594 g/mol. The molecular weight excluding hydrogens is 548 g/mol. The fraction of sp³-hybridized carbons (Fsp3) is 0.636. The predicted octanol–water partition coefficient (Wildman–Crippen LogP) is 2.08. The number of hydrogen-bond acceptors (Lipinski definition) is 7. The van der Waals surface area contributed by atoms with E-state index >= 15 is 0 Å². The van der Waals surface area contributed by atoms with Crippen molar-refractivity contribution in [2.24, 2.45) is 17.3 Å². The van der Waals surface area contributed by atoms with Crippen LogP contribution in [0.2, 0.25) is 0 Å². The number of allylic oxidation sites excluding steroid dienone is 2. The molecule has 0 bridgehead atoms. The Morgan fingerprint density at radius 1 is 1.00 bits per heavy atom. The third-order valence-electron chi connectivity index (χ3n) is 9.84. The van der Waals surface area contributed by atoms with Gasteiger partial charge in [0.1, 0.15) is 6.04 Å². The minimum absolute atomic E-state index is 0.0501. The smallest absolute Gasteiger partial charge is 0.308 e. The Balaban J connectivity index is 1.27. The van der Waals surface area contributed by atoms with Gasteiger partial charge in [-0.2, -0.15) is 0 Å². The number of carbonyl (C=O) groups is 4. The van der Waals surface area contributed by atoms with Crippen LogP contribution in [0.3, 0.4) is 0 Å². The molecular formula is C33H46N4O6. The Kier molecular flexibility index (Phi) is 10.5. The third kappa shape index (κ3) is 7.84. The molecule has 10 heteroatoms. The summed E-state index contributed by atoms with van der Waals surface area (Å²) in [6, 6.07) is 9.09. The van der Waals surface area contributed by atoms with Crippen LogP contribution >= 0.6 is 0 Å². The van der Waals surface area contributed by atoms with Gasteiger partial charge in [0, 0.05) is 51.9 Å². The number of amides is 3. The van der Waals surface area contributed by atoms with Crippen LogP contribution in [-0.2, 0) is 35.1 Å². The number of methoxy groups -OCH3 is 1. The second-order valence-electron chi connectivity index (χ2n) is 12.6. The lowest BCUT2D eigenvalue weighted by Gasteiger charge is -2.41. The van der Waals surface area contributed by atoms with Crippen molar-refractivity contribution in [2.75, 3.05) is 53.0 Å². The van der Waals surface area contributed by atoms with E-state index < -0.39 is 11.5 Å². The van der Waals surface area contributed by atoms with Gasteiger partial charge in [-0.05, 0) is 56.4 Å². The number of fused-ring (bicyclic) bond motifs is 1. The van der Waals surface area contributed by atoms with Crippen molar-refractivity contribution in [3.63, 3.8) is 0 Å². The zero-order valence-electron chi connectivity index (χ0n) is 25.3. The molecule has 10 nitrogen and oxygen atoms in total. The van der Waals surface area contributed by atoms with E-state index in [2.05, 4.69) is 27.7 Å². The van der Waals surface area contributed by atoms with Gasteiger partial charge in [-0.15, -0.1) is 0 Å². The highest BCUT2D eigenvalue weighted by Crippen LogP contribution is 2.36. The van der Waals surface area contributed by atoms with Crippen molar-refractivity contribution in [1.29, 1.82) is 0 Å². The summed E-state index contributed by atoms with van der Waals surface area (Å²) in [5.74, 6) is -0.326. The molecule has 43 heavy (non-hydrogen) atoms. The van der Waals surface area contributed by atoms with E-state index in [9.17, 15) is 19.2 Å². The van der Waals surface area contributed by atoms with Gasteiger partial charge >= 0.3 is 5.97 Å². The molecule has 2 N–H and O–H groups in total. The number of esters is 1. The first kappa shape index (κ1) is 31.2. The maximum Gasteiger partial charge on any atom is 0.308 e. The number of likely N-dealkylation sites (tertiary alicyclic amines) is 2. The molecule has 3 saturated heterocycles. The van der Waals surface area contributed by atoms with E-state index in [1.54, 1.807) is 0 Å². The summed E-state index contributed by atoms with van der Waals surface area (Å²) in [7, 11) is 1.41. The summed E-state index contributed by atoms with van der Waals surface area (Å²) in [5.41, 5.74) is 0.408. The molecule has 0 aromatic heterocycles. The van der Waals surface area contributed by atoms with E-state index in [1.807, 2.05) is 35.2 Å². The van der Waals surface area contributed by atoms with Gasteiger partial charge in [0.25, 0.3) is 0 Å². The molecule has 0 radical (unpaired) electrons. The topological polar surface area (TPSA) is 117 Å². The van der Waals surface area contributed by atoms with Crippen LogP contribution in [0.5, 0.6) is 0 Å². The fourth-order valence-electron chi connectivity index (χ4n) is 7.02. The summed E-state index contributed by atoms with van der Waals surface area (Å²) in [6.07, 6.45) is 9.33. The van der Waals surface area contributed by atoms with Crippen LogP contribution in [-0.4, -0.2) is 98.6 Å². The van der Waals surface area contributed by atoms with Crippen molar-refractivity contribution in [1.82, 2.24) is 20.4 Å².